The number of rotatable bonds is 5. The fraction of sp³-hybridized carbons (Fsp3) is 0.923. The van der Waals surface area contributed by atoms with Gasteiger partial charge in [0.25, 0.3) is 0 Å². The summed E-state index contributed by atoms with van der Waals surface area (Å²) in [6.07, 6.45) is 1.59. The lowest BCUT2D eigenvalue weighted by molar-refractivity contribution is -0.0139. The van der Waals surface area contributed by atoms with Crippen LogP contribution in [0.3, 0.4) is 0 Å². The van der Waals surface area contributed by atoms with Crippen LogP contribution in [-0.2, 0) is 4.74 Å². The molecule has 106 valence electrons. The van der Waals surface area contributed by atoms with Crippen molar-refractivity contribution in [1.29, 1.82) is 0 Å². The van der Waals surface area contributed by atoms with E-state index in [4.69, 9.17) is 4.74 Å². The van der Waals surface area contributed by atoms with Crippen molar-refractivity contribution in [2.45, 2.75) is 39.7 Å². The van der Waals surface area contributed by atoms with E-state index in [1.54, 1.807) is 0 Å². The molecule has 1 saturated heterocycles. The van der Waals surface area contributed by atoms with Gasteiger partial charge < -0.3 is 20.5 Å². The third-order valence-electron chi connectivity index (χ3n) is 3.87. The molecule has 1 unspecified atom stereocenters. The third-order valence-corrected chi connectivity index (χ3v) is 3.87. The molecule has 1 heterocycles. The predicted octanol–water partition coefficient (Wildman–Crippen LogP) is 1.12. The normalized spacial score (nSPS) is 20.5. The summed E-state index contributed by atoms with van der Waals surface area (Å²) in [5, 5.41) is 15.3. The molecule has 2 amide bonds. The van der Waals surface area contributed by atoms with E-state index in [9.17, 15) is 9.90 Å². The lowest BCUT2D eigenvalue weighted by atomic mass is 9.81. The van der Waals surface area contributed by atoms with Gasteiger partial charge >= 0.3 is 6.03 Å². The lowest BCUT2D eigenvalue weighted by Crippen LogP contribution is -2.49. The van der Waals surface area contributed by atoms with Gasteiger partial charge in [-0.1, -0.05) is 13.8 Å². The van der Waals surface area contributed by atoms with E-state index in [0.29, 0.717) is 25.7 Å². The Morgan fingerprint density at radius 2 is 1.94 bits per heavy atom. The Labute approximate surface area is 109 Å². The molecule has 0 saturated carbocycles. The van der Waals surface area contributed by atoms with Gasteiger partial charge in [0.2, 0.25) is 0 Å². The van der Waals surface area contributed by atoms with E-state index in [2.05, 4.69) is 24.5 Å². The lowest BCUT2D eigenvalue weighted by Gasteiger charge is -2.35. The van der Waals surface area contributed by atoms with Crippen LogP contribution in [0.2, 0.25) is 0 Å². The largest absolute Gasteiger partial charge is 0.396 e. The first-order valence-corrected chi connectivity index (χ1v) is 6.72. The number of hydrogen-bond acceptors (Lipinski definition) is 3. The minimum atomic E-state index is -0.212. The van der Waals surface area contributed by atoms with Gasteiger partial charge in [-0.3, -0.25) is 0 Å². The number of aliphatic hydroxyl groups is 1. The molecule has 1 aliphatic heterocycles. The molecule has 0 radical (unpaired) electrons. The van der Waals surface area contributed by atoms with Crippen LogP contribution < -0.4 is 10.6 Å². The standard InChI is InChI=1S/C13H26N2O3/c1-10(2)11(3)15-12(17)14-8-13(9-16)4-6-18-7-5-13/h10-11,16H,4-9H2,1-3H3,(H2,14,15,17). The van der Waals surface area contributed by atoms with E-state index in [0.717, 1.165) is 12.8 Å². The summed E-state index contributed by atoms with van der Waals surface area (Å²) < 4.78 is 5.29. The quantitative estimate of drug-likeness (QED) is 0.692. The number of hydrogen-bond donors (Lipinski definition) is 3. The average Bonchev–Trinajstić information content (AvgIpc) is 2.37. The first-order valence-electron chi connectivity index (χ1n) is 6.72. The molecule has 1 aliphatic rings. The van der Waals surface area contributed by atoms with Crippen LogP contribution in [0.1, 0.15) is 33.6 Å². The molecule has 5 heteroatoms. The molecule has 5 nitrogen and oxygen atoms in total. The van der Waals surface area contributed by atoms with Crippen LogP contribution in [0, 0.1) is 11.3 Å². The van der Waals surface area contributed by atoms with Crippen molar-refractivity contribution in [3.63, 3.8) is 0 Å². The summed E-state index contributed by atoms with van der Waals surface area (Å²) in [7, 11) is 0. The highest BCUT2D eigenvalue weighted by atomic mass is 16.5. The number of nitrogens with one attached hydrogen (secondary N) is 2. The Bertz CT molecular complexity index is 263. The van der Waals surface area contributed by atoms with Crippen molar-refractivity contribution in [3.05, 3.63) is 0 Å². The van der Waals surface area contributed by atoms with Gasteiger partial charge in [-0.15, -0.1) is 0 Å². The summed E-state index contributed by atoms with van der Waals surface area (Å²) in [4.78, 5) is 11.7. The predicted molar refractivity (Wildman–Crippen MR) is 70.4 cm³/mol. The molecule has 18 heavy (non-hydrogen) atoms. The zero-order valence-corrected chi connectivity index (χ0v) is 11.7. The summed E-state index contributed by atoms with van der Waals surface area (Å²) >= 11 is 0. The Morgan fingerprint density at radius 1 is 1.33 bits per heavy atom. The molecule has 0 aromatic heterocycles. The minimum Gasteiger partial charge on any atom is -0.396 e. The van der Waals surface area contributed by atoms with Gasteiger partial charge in [0.1, 0.15) is 0 Å². The summed E-state index contributed by atoms with van der Waals surface area (Å²) in [6.45, 7) is 8.04. The van der Waals surface area contributed by atoms with E-state index in [1.165, 1.54) is 0 Å². The van der Waals surface area contributed by atoms with Crippen LogP contribution in [0.15, 0.2) is 0 Å². The van der Waals surface area contributed by atoms with Crippen molar-refractivity contribution in [2.24, 2.45) is 11.3 Å². The third kappa shape index (κ3) is 4.46. The average molecular weight is 258 g/mol. The zero-order valence-electron chi connectivity index (χ0n) is 11.7. The van der Waals surface area contributed by atoms with Crippen molar-refractivity contribution >= 4 is 6.03 Å². The maximum Gasteiger partial charge on any atom is 0.315 e. The highest BCUT2D eigenvalue weighted by Gasteiger charge is 2.32. The summed E-state index contributed by atoms with van der Waals surface area (Å²) in [6, 6.07) is -0.0136. The van der Waals surface area contributed by atoms with Gasteiger partial charge in [-0.2, -0.15) is 0 Å². The smallest absolute Gasteiger partial charge is 0.315 e. The highest BCUT2D eigenvalue weighted by Crippen LogP contribution is 2.28. The second kappa shape index (κ2) is 6.95. The van der Waals surface area contributed by atoms with Crippen LogP contribution in [0.4, 0.5) is 4.79 Å². The van der Waals surface area contributed by atoms with Crippen molar-refractivity contribution in [3.8, 4) is 0 Å². The number of aliphatic hydroxyl groups excluding tert-OH is 1. The Hall–Kier alpha value is -0.810. The molecule has 0 aromatic carbocycles. The number of amides is 2. The molecule has 0 spiro atoms. The number of carbonyl (C=O) groups excluding carboxylic acids is 1. The van der Waals surface area contributed by atoms with Crippen LogP contribution in [0.25, 0.3) is 0 Å². The second-order valence-corrected chi connectivity index (χ2v) is 5.63. The fourth-order valence-corrected chi connectivity index (χ4v) is 1.89. The molecule has 0 bridgehead atoms. The Morgan fingerprint density at radius 3 is 2.44 bits per heavy atom. The monoisotopic (exact) mass is 258 g/mol. The fourth-order valence-electron chi connectivity index (χ4n) is 1.89. The topological polar surface area (TPSA) is 70.6 Å². The zero-order chi connectivity index (χ0) is 13.6. The molecule has 0 aliphatic carbocycles. The molecular weight excluding hydrogens is 232 g/mol. The highest BCUT2D eigenvalue weighted by molar-refractivity contribution is 5.74. The van der Waals surface area contributed by atoms with E-state index < -0.39 is 0 Å². The van der Waals surface area contributed by atoms with Crippen LogP contribution in [0.5, 0.6) is 0 Å². The first-order chi connectivity index (χ1) is 8.49. The minimum absolute atomic E-state index is 0.0936. The number of carbonyl (C=O) groups is 1. The van der Waals surface area contributed by atoms with Crippen molar-refractivity contribution in [1.82, 2.24) is 10.6 Å². The maximum absolute atomic E-state index is 11.7. The maximum atomic E-state index is 11.7. The molecular formula is C13H26N2O3. The van der Waals surface area contributed by atoms with E-state index in [-0.39, 0.29) is 24.1 Å². The van der Waals surface area contributed by atoms with E-state index >= 15 is 0 Å². The first kappa shape index (κ1) is 15.2. The second-order valence-electron chi connectivity index (χ2n) is 5.63. The van der Waals surface area contributed by atoms with Gasteiger partial charge in [0.15, 0.2) is 0 Å². The molecule has 1 atom stereocenters. The van der Waals surface area contributed by atoms with Crippen LogP contribution in [-0.4, -0.2) is 43.5 Å². The Balaban J connectivity index is 2.36. The number of ether oxygens (including phenoxy) is 1. The van der Waals surface area contributed by atoms with Crippen LogP contribution >= 0.6 is 0 Å². The summed E-state index contributed by atoms with van der Waals surface area (Å²) in [5.41, 5.74) is -0.212. The van der Waals surface area contributed by atoms with Gasteiger partial charge in [0, 0.05) is 31.2 Å². The SMILES string of the molecule is CC(C)C(C)NC(=O)NCC1(CO)CCOCC1. The molecule has 3 N–H and O–H groups in total. The molecule has 0 aromatic rings. The molecule has 1 rings (SSSR count). The summed E-state index contributed by atoms with van der Waals surface area (Å²) in [5.74, 6) is 0.408. The van der Waals surface area contributed by atoms with Gasteiger partial charge in [-0.25, -0.2) is 4.79 Å². The van der Waals surface area contributed by atoms with E-state index in [1.807, 2.05) is 6.92 Å². The van der Waals surface area contributed by atoms with Crippen molar-refractivity contribution in [2.75, 3.05) is 26.4 Å². The number of urea groups is 1. The van der Waals surface area contributed by atoms with Gasteiger partial charge in [-0.05, 0) is 25.7 Å². The van der Waals surface area contributed by atoms with Gasteiger partial charge in [0.05, 0.1) is 6.61 Å². The molecule has 1 fully saturated rings. The Kier molecular flexibility index (Phi) is 5.88. The van der Waals surface area contributed by atoms with Crippen molar-refractivity contribution < 1.29 is 14.6 Å².